The van der Waals surface area contributed by atoms with Gasteiger partial charge in [-0.25, -0.2) is 0 Å². The van der Waals surface area contributed by atoms with Crippen molar-refractivity contribution >= 4 is 17.0 Å². The molecule has 5 atom stereocenters. The van der Waals surface area contributed by atoms with Crippen LogP contribution in [0.25, 0.3) is 45.1 Å². The molecule has 4 aromatic carbocycles. The van der Waals surface area contributed by atoms with Gasteiger partial charge >= 0.3 is 0 Å². The van der Waals surface area contributed by atoms with Gasteiger partial charge in [0.15, 0.2) is 0 Å². The molecule has 3 aliphatic carbocycles. The highest BCUT2D eigenvalue weighted by molar-refractivity contribution is 5.94. The van der Waals surface area contributed by atoms with E-state index in [0.717, 1.165) is 34.9 Å². The van der Waals surface area contributed by atoms with Crippen LogP contribution in [0.3, 0.4) is 0 Å². The van der Waals surface area contributed by atoms with Crippen molar-refractivity contribution < 1.29 is 9.47 Å². The summed E-state index contributed by atoms with van der Waals surface area (Å²) in [7, 11) is 0. The zero-order valence-corrected chi connectivity index (χ0v) is 27.9. The summed E-state index contributed by atoms with van der Waals surface area (Å²) >= 11 is 0. The second kappa shape index (κ2) is 11.2. The average Bonchev–Trinajstić information content (AvgIpc) is 3.86. The van der Waals surface area contributed by atoms with Gasteiger partial charge in [-0.3, -0.25) is 4.98 Å². The molecule has 0 fully saturated rings. The number of ether oxygens (including phenoxy) is 2. The molecule has 0 amide bonds. The van der Waals surface area contributed by atoms with Crippen LogP contribution in [-0.4, -0.2) is 21.8 Å². The predicted octanol–water partition coefficient (Wildman–Crippen LogP) is 10.6. The third kappa shape index (κ3) is 4.56. The summed E-state index contributed by atoms with van der Waals surface area (Å²) in [6.45, 7) is 0. The lowest BCUT2D eigenvalue weighted by atomic mass is 9.80. The Labute approximate surface area is 297 Å². The number of hydrogen-bond donors (Lipinski definition) is 0. The standard InChI is InChI=1S/C47H34N2O2/c1-3-13-44-35(10-1)39-27-31(17-21-46(39)50-44)29-15-19-42-37(25-29)38-26-30(32-18-22-47-40(28-32)36-11-2-4-14-45(36)51-47)16-20-43(38)49(42)34-9-7-8-33(24-34)41-12-5-6-23-48-41/h1-25,27-28,30,35,40,44,47H,26H2. The summed E-state index contributed by atoms with van der Waals surface area (Å²) in [5.74, 6) is 2.76. The number of pyridine rings is 1. The van der Waals surface area contributed by atoms with Crippen LogP contribution in [0, 0.1) is 5.92 Å². The first-order valence-corrected chi connectivity index (χ1v) is 17.9. The molecule has 0 spiro atoms. The van der Waals surface area contributed by atoms with Crippen LogP contribution in [0.2, 0.25) is 0 Å². The number of hydrogen-bond acceptors (Lipinski definition) is 3. The third-order valence-corrected chi connectivity index (χ3v) is 11.3. The summed E-state index contributed by atoms with van der Waals surface area (Å²) in [6, 6.07) is 37.0. The molecular formula is C47H34N2O2. The smallest absolute Gasteiger partial charge is 0.128 e. The summed E-state index contributed by atoms with van der Waals surface area (Å²) in [5.41, 5.74) is 13.4. The molecule has 0 radical (unpaired) electrons. The first-order chi connectivity index (χ1) is 25.2. The van der Waals surface area contributed by atoms with E-state index in [2.05, 4.69) is 155 Å². The van der Waals surface area contributed by atoms with Gasteiger partial charge in [0.1, 0.15) is 23.7 Å². The fraction of sp³-hybridized carbons (Fsp3) is 0.128. The molecule has 5 unspecified atom stereocenters. The van der Waals surface area contributed by atoms with E-state index >= 15 is 0 Å². The average molecular weight is 659 g/mol. The van der Waals surface area contributed by atoms with Crippen LogP contribution >= 0.6 is 0 Å². The van der Waals surface area contributed by atoms with E-state index in [0.29, 0.717) is 0 Å². The number of benzene rings is 4. The van der Waals surface area contributed by atoms with Gasteiger partial charge in [-0.15, -0.1) is 0 Å². The molecule has 2 aromatic heterocycles. The summed E-state index contributed by atoms with van der Waals surface area (Å²) in [4.78, 5) is 4.65. The van der Waals surface area contributed by atoms with Crippen molar-refractivity contribution in [3.8, 4) is 39.6 Å². The molecule has 2 aliphatic heterocycles. The van der Waals surface area contributed by atoms with Gasteiger partial charge < -0.3 is 14.0 Å². The molecule has 5 aliphatic rings. The summed E-state index contributed by atoms with van der Waals surface area (Å²) in [6.07, 6.45) is 23.3. The van der Waals surface area contributed by atoms with Gasteiger partial charge in [0, 0.05) is 57.4 Å². The SMILES string of the molecule is C1=CC2Oc3ccc(-c4ccc5c(c4)c4c(n5-c5cccc(-c6ccccn6)c5)C=CC(C5=CC6c7ccccc7OC6C=C5)C4)cc3C2C=C1. The first kappa shape index (κ1) is 28.7. The molecule has 0 saturated heterocycles. The Kier molecular flexibility index (Phi) is 6.30. The van der Waals surface area contributed by atoms with Crippen molar-refractivity contribution in [2.24, 2.45) is 5.92 Å². The fourth-order valence-electron chi connectivity index (χ4n) is 8.83. The molecule has 4 heteroatoms. The van der Waals surface area contributed by atoms with Crippen molar-refractivity contribution in [1.82, 2.24) is 9.55 Å². The Morgan fingerprint density at radius 1 is 0.627 bits per heavy atom. The van der Waals surface area contributed by atoms with Crippen molar-refractivity contribution in [3.05, 3.63) is 186 Å². The lowest BCUT2D eigenvalue weighted by Gasteiger charge is -2.25. The largest absolute Gasteiger partial charge is 0.485 e. The third-order valence-electron chi connectivity index (χ3n) is 11.3. The monoisotopic (exact) mass is 658 g/mol. The van der Waals surface area contributed by atoms with Crippen molar-refractivity contribution in [2.45, 2.75) is 30.5 Å². The maximum atomic E-state index is 6.29. The zero-order valence-electron chi connectivity index (χ0n) is 27.9. The summed E-state index contributed by atoms with van der Waals surface area (Å²) < 4.78 is 15.0. The number of fused-ring (bicyclic) bond motifs is 9. The lowest BCUT2D eigenvalue weighted by molar-refractivity contribution is 0.268. The number of rotatable bonds is 4. The van der Waals surface area contributed by atoms with Gasteiger partial charge in [-0.2, -0.15) is 0 Å². The van der Waals surface area contributed by atoms with E-state index in [-0.39, 0.29) is 30.0 Å². The van der Waals surface area contributed by atoms with Crippen LogP contribution in [-0.2, 0) is 6.42 Å². The van der Waals surface area contributed by atoms with E-state index < -0.39 is 0 Å². The van der Waals surface area contributed by atoms with Crippen molar-refractivity contribution in [1.29, 1.82) is 0 Å². The highest BCUT2D eigenvalue weighted by Gasteiger charge is 2.35. The molecule has 244 valence electrons. The Balaban J connectivity index is 1.03. The van der Waals surface area contributed by atoms with Gasteiger partial charge in [0.05, 0.1) is 11.2 Å². The van der Waals surface area contributed by atoms with E-state index in [1.54, 1.807) is 0 Å². The van der Waals surface area contributed by atoms with Crippen LogP contribution in [0.1, 0.15) is 34.2 Å². The number of nitrogens with zero attached hydrogens (tertiary/aromatic N) is 2. The van der Waals surface area contributed by atoms with E-state index in [1.807, 2.05) is 18.3 Å². The Bertz CT molecular complexity index is 2550. The second-order valence-corrected chi connectivity index (χ2v) is 14.2. The Morgan fingerprint density at radius 3 is 2.41 bits per heavy atom. The van der Waals surface area contributed by atoms with Crippen molar-refractivity contribution in [2.75, 3.05) is 0 Å². The first-order valence-electron chi connectivity index (χ1n) is 17.9. The van der Waals surface area contributed by atoms with Gasteiger partial charge in [-0.05, 0) is 102 Å². The van der Waals surface area contributed by atoms with E-state index in [9.17, 15) is 0 Å². The molecular weight excluding hydrogens is 625 g/mol. The highest BCUT2D eigenvalue weighted by Crippen LogP contribution is 2.46. The predicted molar refractivity (Wildman–Crippen MR) is 204 cm³/mol. The number of allylic oxidation sites excluding steroid dienone is 5. The minimum atomic E-state index is 0.0678. The topological polar surface area (TPSA) is 36.3 Å². The molecule has 4 heterocycles. The van der Waals surface area contributed by atoms with Gasteiger partial charge in [0.2, 0.25) is 0 Å². The lowest BCUT2D eigenvalue weighted by Crippen LogP contribution is -2.20. The molecule has 51 heavy (non-hydrogen) atoms. The maximum Gasteiger partial charge on any atom is 0.128 e. The molecule has 11 rings (SSSR count). The van der Waals surface area contributed by atoms with E-state index in [1.165, 1.54) is 50.0 Å². The quantitative estimate of drug-likeness (QED) is 0.189. The molecule has 4 nitrogen and oxygen atoms in total. The highest BCUT2D eigenvalue weighted by atomic mass is 16.5. The van der Waals surface area contributed by atoms with E-state index in [4.69, 9.17) is 9.47 Å². The Morgan fingerprint density at radius 2 is 1.47 bits per heavy atom. The zero-order chi connectivity index (χ0) is 33.5. The second-order valence-electron chi connectivity index (χ2n) is 14.2. The van der Waals surface area contributed by atoms with Gasteiger partial charge in [-0.1, -0.05) is 85.0 Å². The molecule has 0 bridgehead atoms. The van der Waals surface area contributed by atoms with Gasteiger partial charge in [0.25, 0.3) is 0 Å². The van der Waals surface area contributed by atoms with Crippen molar-refractivity contribution in [3.63, 3.8) is 0 Å². The van der Waals surface area contributed by atoms with Crippen LogP contribution in [0.5, 0.6) is 11.5 Å². The summed E-state index contributed by atoms with van der Waals surface area (Å²) in [5, 5.41) is 1.29. The number of aromatic nitrogens is 2. The minimum absolute atomic E-state index is 0.0678. The molecule has 6 aromatic rings. The maximum absolute atomic E-state index is 6.29. The van der Waals surface area contributed by atoms with Crippen LogP contribution in [0.15, 0.2) is 164 Å². The molecule has 0 saturated carbocycles. The number of para-hydroxylation sites is 1. The van der Waals surface area contributed by atoms with Crippen LogP contribution < -0.4 is 9.47 Å². The Hall–Kier alpha value is -6.13. The van der Waals surface area contributed by atoms with Crippen LogP contribution in [0.4, 0.5) is 0 Å². The molecule has 0 N–H and O–H groups in total. The fourth-order valence-corrected chi connectivity index (χ4v) is 8.83. The minimum Gasteiger partial charge on any atom is -0.485 e. The normalized spacial score (nSPS) is 23.1.